The summed E-state index contributed by atoms with van der Waals surface area (Å²) in [6.07, 6.45) is 6.76. The first kappa shape index (κ1) is 28.9. The monoisotopic (exact) mass is 607 g/mol. The average Bonchev–Trinajstić information content (AvgIpc) is 3.36. The summed E-state index contributed by atoms with van der Waals surface area (Å²) in [7, 11) is 0. The van der Waals surface area contributed by atoms with Crippen LogP contribution in [0.4, 0.5) is 5.69 Å². The molecule has 0 saturated carbocycles. The molecular weight excluding hydrogens is 566 g/mol. The number of hydrogen-bond donors (Lipinski definition) is 0. The number of fused-ring (bicyclic) bond motifs is 8. The van der Waals surface area contributed by atoms with Crippen molar-refractivity contribution in [1.82, 2.24) is 0 Å². The van der Waals surface area contributed by atoms with E-state index in [9.17, 15) is 0 Å². The summed E-state index contributed by atoms with van der Waals surface area (Å²) in [4.78, 5) is 2.39. The maximum atomic E-state index is 7.48. The average molecular weight is 608 g/mol. The van der Waals surface area contributed by atoms with Crippen LogP contribution in [0.1, 0.15) is 61.4 Å². The first-order chi connectivity index (χ1) is 22.5. The summed E-state index contributed by atoms with van der Waals surface area (Å²) >= 11 is 0. The van der Waals surface area contributed by atoms with Crippen molar-refractivity contribution in [3.8, 4) is 22.6 Å². The Morgan fingerprint density at radius 1 is 0.783 bits per heavy atom. The summed E-state index contributed by atoms with van der Waals surface area (Å²) < 4.78 is 19.1. The third-order valence-corrected chi connectivity index (χ3v) is 10.2. The second-order valence-electron chi connectivity index (χ2n) is 13.3. The molecule has 46 heavy (non-hydrogen) atoms. The number of unbranched alkanes of at least 4 members (excludes halogenated alkanes) is 1. The smallest absolute Gasteiger partial charge is 0.178 e. The summed E-state index contributed by atoms with van der Waals surface area (Å²) in [5.41, 5.74) is 8.95. The fraction of sp³-hybridized carbons (Fsp3) is 0.286. The molecule has 1 fully saturated rings. The zero-order valence-corrected chi connectivity index (χ0v) is 27.0. The van der Waals surface area contributed by atoms with Gasteiger partial charge in [0.05, 0.1) is 19.8 Å². The Kier molecular flexibility index (Phi) is 7.14. The molecule has 8 rings (SSSR count). The topological polar surface area (TPSA) is 30.9 Å². The Labute approximate surface area is 272 Å². The SMILES string of the molecule is CCCCOc1ccc(C2(c3ccc(N4CCOCC4)cc3)C=Cc3c4c(c5ccccc5c3O2)-c2ccccc2C4(C)C)cc1. The number of anilines is 1. The van der Waals surface area contributed by atoms with Gasteiger partial charge in [-0.1, -0.05) is 106 Å². The van der Waals surface area contributed by atoms with Crippen molar-refractivity contribution in [2.75, 3.05) is 37.8 Å². The molecule has 2 aliphatic heterocycles. The molecule has 5 aromatic carbocycles. The van der Waals surface area contributed by atoms with E-state index in [0.717, 1.165) is 73.8 Å². The largest absolute Gasteiger partial charge is 0.494 e. The maximum Gasteiger partial charge on any atom is 0.178 e. The fourth-order valence-corrected chi connectivity index (χ4v) is 7.75. The van der Waals surface area contributed by atoms with Gasteiger partial charge < -0.3 is 19.1 Å². The van der Waals surface area contributed by atoms with E-state index in [1.54, 1.807) is 0 Å². The van der Waals surface area contributed by atoms with Gasteiger partial charge >= 0.3 is 0 Å². The highest BCUT2D eigenvalue weighted by Gasteiger charge is 2.44. The number of ether oxygens (including phenoxy) is 3. The third kappa shape index (κ3) is 4.53. The predicted molar refractivity (Wildman–Crippen MR) is 188 cm³/mol. The van der Waals surface area contributed by atoms with Gasteiger partial charge in [0, 0.05) is 46.3 Å². The fourth-order valence-electron chi connectivity index (χ4n) is 7.75. The van der Waals surface area contributed by atoms with Gasteiger partial charge in [-0.15, -0.1) is 0 Å². The molecule has 1 saturated heterocycles. The lowest BCUT2D eigenvalue weighted by atomic mass is 9.77. The van der Waals surface area contributed by atoms with Gasteiger partial charge in [-0.2, -0.15) is 0 Å². The maximum absolute atomic E-state index is 7.48. The van der Waals surface area contributed by atoms with E-state index in [4.69, 9.17) is 14.2 Å². The Balaban J connectivity index is 1.30. The van der Waals surface area contributed by atoms with E-state index < -0.39 is 5.60 Å². The van der Waals surface area contributed by atoms with E-state index in [0.29, 0.717) is 0 Å². The van der Waals surface area contributed by atoms with Crippen LogP contribution in [0.15, 0.2) is 103 Å². The second-order valence-corrected chi connectivity index (χ2v) is 13.3. The van der Waals surface area contributed by atoms with E-state index in [1.165, 1.54) is 38.9 Å². The lowest BCUT2D eigenvalue weighted by Crippen LogP contribution is -2.37. The summed E-state index contributed by atoms with van der Waals surface area (Å²) in [6, 6.07) is 35.1. The first-order valence-corrected chi connectivity index (χ1v) is 16.7. The van der Waals surface area contributed by atoms with Crippen molar-refractivity contribution in [3.05, 3.63) is 131 Å². The minimum absolute atomic E-state index is 0.162. The molecule has 3 aliphatic rings. The molecule has 0 bridgehead atoms. The van der Waals surface area contributed by atoms with Crippen molar-refractivity contribution in [2.45, 2.75) is 44.6 Å². The van der Waals surface area contributed by atoms with Crippen LogP contribution in [-0.4, -0.2) is 32.9 Å². The Hall–Kier alpha value is -4.54. The third-order valence-electron chi connectivity index (χ3n) is 10.2. The molecule has 0 N–H and O–H groups in total. The molecular formula is C42H41NO3. The van der Waals surface area contributed by atoms with Crippen LogP contribution in [0.2, 0.25) is 0 Å². The van der Waals surface area contributed by atoms with Gasteiger partial charge in [-0.25, -0.2) is 0 Å². The van der Waals surface area contributed by atoms with Gasteiger partial charge in [0.25, 0.3) is 0 Å². The molecule has 0 aromatic heterocycles. The minimum atomic E-state index is -0.814. The van der Waals surface area contributed by atoms with Crippen LogP contribution in [0.3, 0.4) is 0 Å². The second kappa shape index (κ2) is 11.4. The van der Waals surface area contributed by atoms with Crippen molar-refractivity contribution < 1.29 is 14.2 Å². The number of benzene rings is 5. The number of nitrogens with zero attached hydrogens (tertiary/aromatic N) is 1. The molecule has 4 nitrogen and oxygen atoms in total. The zero-order valence-electron chi connectivity index (χ0n) is 27.0. The van der Waals surface area contributed by atoms with Crippen LogP contribution >= 0.6 is 0 Å². The van der Waals surface area contributed by atoms with E-state index in [1.807, 2.05) is 0 Å². The van der Waals surface area contributed by atoms with Crippen LogP contribution in [-0.2, 0) is 15.8 Å². The van der Waals surface area contributed by atoms with E-state index in [2.05, 4.69) is 135 Å². The summed E-state index contributed by atoms with van der Waals surface area (Å²) in [5.74, 6) is 1.83. The van der Waals surface area contributed by atoms with E-state index >= 15 is 0 Å². The number of rotatable bonds is 7. The molecule has 1 unspecified atom stereocenters. The molecule has 2 heterocycles. The van der Waals surface area contributed by atoms with Crippen molar-refractivity contribution in [2.24, 2.45) is 0 Å². The molecule has 1 atom stereocenters. The molecule has 4 heteroatoms. The Morgan fingerprint density at radius 3 is 2.20 bits per heavy atom. The van der Waals surface area contributed by atoms with Crippen LogP contribution in [0, 0.1) is 0 Å². The van der Waals surface area contributed by atoms with Gasteiger partial charge in [-0.05, 0) is 64.4 Å². The van der Waals surface area contributed by atoms with Crippen LogP contribution in [0.5, 0.6) is 11.5 Å². The van der Waals surface area contributed by atoms with Gasteiger partial charge in [-0.3, -0.25) is 0 Å². The van der Waals surface area contributed by atoms with Gasteiger partial charge in [0.15, 0.2) is 5.60 Å². The highest BCUT2D eigenvalue weighted by molar-refractivity contribution is 6.08. The number of hydrogen-bond acceptors (Lipinski definition) is 4. The van der Waals surface area contributed by atoms with Crippen molar-refractivity contribution >= 4 is 22.5 Å². The van der Waals surface area contributed by atoms with Gasteiger partial charge in [0.2, 0.25) is 0 Å². The highest BCUT2D eigenvalue weighted by atomic mass is 16.5. The number of morpholine rings is 1. The molecule has 0 radical (unpaired) electrons. The highest BCUT2D eigenvalue weighted by Crippen LogP contribution is 2.58. The molecule has 1 aliphatic carbocycles. The summed E-state index contributed by atoms with van der Waals surface area (Å²) in [5, 5.41) is 2.38. The quantitative estimate of drug-likeness (QED) is 0.173. The van der Waals surface area contributed by atoms with Crippen LogP contribution in [0.25, 0.3) is 28.0 Å². The van der Waals surface area contributed by atoms with Crippen molar-refractivity contribution in [1.29, 1.82) is 0 Å². The molecule has 0 spiro atoms. The van der Waals surface area contributed by atoms with Crippen molar-refractivity contribution in [3.63, 3.8) is 0 Å². The van der Waals surface area contributed by atoms with Crippen LogP contribution < -0.4 is 14.4 Å². The zero-order chi connectivity index (χ0) is 31.3. The standard InChI is InChI=1S/C42H41NO3/c1-4-5-26-45-32-20-16-30(17-21-32)42(29-14-18-31(19-15-29)43-24-27-44-28-25-43)23-22-36-39-38(33-10-6-7-11-34(33)40(36)46-42)35-12-8-9-13-37(35)41(39,2)3/h6-23H,4-5,24-28H2,1-3H3. The Morgan fingerprint density at radius 2 is 1.46 bits per heavy atom. The minimum Gasteiger partial charge on any atom is -0.494 e. The van der Waals surface area contributed by atoms with Gasteiger partial charge in [0.1, 0.15) is 11.5 Å². The first-order valence-electron chi connectivity index (χ1n) is 16.7. The lowest BCUT2D eigenvalue weighted by Gasteiger charge is -2.39. The van der Waals surface area contributed by atoms with E-state index in [-0.39, 0.29) is 5.41 Å². The predicted octanol–water partition coefficient (Wildman–Crippen LogP) is 9.51. The normalized spacial score (nSPS) is 19.3. The summed E-state index contributed by atoms with van der Waals surface area (Å²) in [6.45, 7) is 10.9. The molecule has 232 valence electrons. The lowest BCUT2D eigenvalue weighted by molar-refractivity contribution is 0.122. The molecule has 5 aromatic rings. The Bertz CT molecular complexity index is 1930. The molecule has 0 amide bonds.